The molecule has 0 aromatic heterocycles. The smallest absolute Gasteiger partial charge is 0.407 e. The van der Waals surface area contributed by atoms with E-state index in [0.717, 1.165) is 11.8 Å². The lowest BCUT2D eigenvalue weighted by Gasteiger charge is -2.20. The molecular formula is C15H24N2O4S. The normalized spacial score (nSPS) is 13.5. The first-order valence-corrected chi connectivity index (χ1v) is 8.88. The van der Waals surface area contributed by atoms with Crippen molar-refractivity contribution in [3.63, 3.8) is 0 Å². The number of benzene rings is 1. The van der Waals surface area contributed by atoms with Crippen LogP contribution in [0.25, 0.3) is 0 Å². The van der Waals surface area contributed by atoms with Crippen LogP contribution in [-0.2, 0) is 21.0 Å². The number of hydrogen-bond acceptors (Lipinski definition) is 5. The van der Waals surface area contributed by atoms with E-state index in [1.807, 2.05) is 6.07 Å². The molecule has 1 amide bonds. The van der Waals surface area contributed by atoms with Crippen molar-refractivity contribution in [1.82, 2.24) is 5.32 Å². The minimum absolute atomic E-state index is 0.248. The second kappa shape index (κ2) is 7.11. The van der Waals surface area contributed by atoms with Gasteiger partial charge in [0.1, 0.15) is 5.60 Å². The van der Waals surface area contributed by atoms with Crippen LogP contribution in [0, 0.1) is 0 Å². The summed E-state index contributed by atoms with van der Waals surface area (Å²) in [5.41, 5.74) is 6.21. The Balaban J connectivity index is 2.56. The Bertz CT molecular complexity index is 621. The molecule has 0 aliphatic carbocycles. The maximum Gasteiger partial charge on any atom is 0.407 e. The lowest BCUT2D eigenvalue weighted by Crippen LogP contribution is -2.41. The Kier molecular flexibility index (Phi) is 5.96. The molecule has 1 unspecified atom stereocenters. The molecule has 1 atom stereocenters. The molecule has 0 radical (unpaired) electrons. The van der Waals surface area contributed by atoms with E-state index in [1.165, 1.54) is 0 Å². The summed E-state index contributed by atoms with van der Waals surface area (Å²) in [6.07, 6.45) is 1.10. The number of sulfone groups is 1. The summed E-state index contributed by atoms with van der Waals surface area (Å²) in [6.45, 7) is 5.59. The first kappa shape index (κ1) is 18.4. The van der Waals surface area contributed by atoms with Gasteiger partial charge in [-0.3, -0.25) is 0 Å². The van der Waals surface area contributed by atoms with E-state index >= 15 is 0 Å². The van der Waals surface area contributed by atoms with Gasteiger partial charge in [0.25, 0.3) is 0 Å². The third-order valence-electron chi connectivity index (χ3n) is 2.73. The molecule has 1 aromatic carbocycles. The van der Waals surface area contributed by atoms with E-state index in [9.17, 15) is 13.2 Å². The molecule has 0 fully saturated rings. The van der Waals surface area contributed by atoms with Crippen LogP contribution < -0.4 is 11.1 Å². The molecule has 124 valence electrons. The number of nitrogens with one attached hydrogen (secondary N) is 1. The highest BCUT2D eigenvalue weighted by Crippen LogP contribution is 2.12. The Morgan fingerprint density at radius 1 is 1.36 bits per heavy atom. The van der Waals surface area contributed by atoms with Crippen molar-refractivity contribution >= 4 is 15.9 Å². The van der Waals surface area contributed by atoms with Gasteiger partial charge < -0.3 is 15.8 Å². The van der Waals surface area contributed by atoms with Crippen LogP contribution in [0.3, 0.4) is 0 Å². The predicted octanol–water partition coefficient (Wildman–Crippen LogP) is 1.48. The number of alkyl carbamates (subject to hydrolysis) is 1. The number of nitrogens with two attached hydrogens (primary N) is 1. The summed E-state index contributed by atoms with van der Waals surface area (Å²) in [5.74, 6) is 0. The van der Waals surface area contributed by atoms with Crippen LogP contribution in [0.1, 0.15) is 26.3 Å². The highest BCUT2D eigenvalue weighted by molar-refractivity contribution is 7.90. The first-order valence-electron chi connectivity index (χ1n) is 6.99. The largest absolute Gasteiger partial charge is 0.444 e. The van der Waals surface area contributed by atoms with Gasteiger partial charge in [0.15, 0.2) is 9.84 Å². The van der Waals surface area contributed by atoms with Crippen LogP contribution in [-0.4, -0.2) is 39.0 Å². The average molecular weight is 328 g/mol. The van der Waals surface area contributed by atoms with Gasteiger partial charge in [0.05, 0.1) is 4.90 Å². The molecule has 0 heterocycles. The van der Waals surface area contributed by atoms with Crippen molar-refractivity contribution in [3.05, 3.63) is 29.8 Å². The SMILES string of the molecule is CC(C)(C)OC(=O)NCC(N)Cc1cccc(S(C)(=O)=O)c1. The Hall–Kier alpha value is -1.60. The van der Waals surface area contributed by atoms with Crippen LogP contribution in [0.5, 0.6) is 0 Å². The van der Waals surface area contributed by atoms with Crippen LogP contribution in [0.15, 0.2) is 29.2 Å². The summed E-state index contributed by atoms with van der Waals surface area (Å²) < 4.78 is 28.1. The predicted molar refractivity (Wildman–Crippen MR) is 85.5 cm³/mol. The molecule has 0 aliphatic rings. The zero-order chi connectivity index (χ0) is 17.0. The number of amides is 1. The summed E-state index contributed by atoms with van der Waals surface area (Å²) in [6, 6.07) is 6.30. The van der Waals surface area contributed by atoms with Gasteiger partial charge >= 0.3 is 6.09 Å². The maximum atomic E-state index is 11.5. The summed E-state index contributed by atoms with van der Waals surface area (Å²) in [4.78, 5) is 11.8. The lowest BCUT2D eigenvalue weighted by molar-refractivity contribution is 0.0524. The zero-order valence-corrected chi connectivity index (χ0v) is 14.2. The third kappa shape index (κ3) is 6.91. The maximum absolute atomic E-state index is 11.5. The number of rotatable bonds is 5. The molecule has 7 heteroatoms. The minimum atomic E-state index is -3.24. The molecule has 1 rings (SSSR count). The topological polar surface area (TPSA) is 98.5 Å². The van der Waals surface area contributed by atoms with Gasteiger partial charge in [-0.15, -0.1) is 0 Å². The van der Waals surface area contributed by atoms with E-state index in [0.29, 0.717) is 6.42 Å². The van der Waals surface area contributed by atoms with Gasteiger partial charge in [0, 0.05) is 18.8 Å². The van der Waals surface area contributed by atoms with Crippen LogP contribution in [0.4, 0.5) is 4.79 Å². The van der Waals surface area contributed by atoms with Gasteiger partial charge in [-0.2, -0.15) is 0 Å². The van der Waals surface area contributed by atoms with Gasteiger partial charge in [0.2, 0.25) is 0 Å². The van der Waals surface area contributed by atoms with Crippen LogP contribution >= 0.6 is 0 Å². The fourth-order valence-electron chi connectivity index (χ4n) is 1.81. The molecule has 22 heavy (non-hydrogen) atoms. The van der Waals surface area contributed by atoms with Gasteiger partial charge in [-0.25, -0.2) is 13.2 Å². The zero-order valence-electron chi connectivity index (χ0n) is 13.4. The molecular weight excluding hydrogens is 304 g/mol. The molecule has 0 spiro atoms. The van der Waals surface area contributed by atoms with E-state index in [1.54, 1.807) is 39.0 Å². The quantitative estimate of drug-likeness (QED) is 0.853. The molecule has 0 aliphatic heterocycles. The van der Waals surface area contributed by atoms with Crippen molar-refractivity contribution in [2.75, 3.05) is 12.8 Å². The number of hydrogen-bond donors (Lipinski definition) is 2. The molecule has 0 bridgehead atoms. The second-order valence-electron chi connectivity index (χ2n) is 6.27. The summed E-state index contributed by atoms with van der Waals surface area (Å²) in [5, 5.41) is 2.60. The molecule has 6 nitrogen and oxygen atoms in total. The van der Waals surface area contributed by atoms with E-state index < -0.39 is 21.5 Å². The molecule has 0 saturated heterocycles. The Morgan fingerprint density at radius 2 is 2.00 bits per heavy atom. The Labute approximate surface area is 132 Å². The number of carbonyl (C=O) groups is 1. The van der Waals surface area contributed by atoms with Crippen molar-refractivity contribution in [2.45, 2.75) is 43.7 Å². The van der Waals surface area contributed by atoms with E-state index in [2.05, 4.69) is 5.32 Å². The molecule has 3 N–H and O–H groups in total. The lowest BCUT2D eigenvalue weighted by atomic mass is 10.1. The monoisotopic (exact) mass is 328 g/mol. The number of ether oxygens (including phenoxy) is 1. The first-order chi connectivity index (χ1) is 9.97. The highest BCUT2D eigenvalue weighted by atomic mass is 32.2. The van der Waals surface area contributed by atoms with Crippen molar-refractivity contribution in [3.8, 4) is 0 Å². The summed E-state index contributed by atoms with van der Waals surface area (Å²) in [7, 11) is -3.24. The Morgan fingerprint density at radius 3 is 2.55 bits per heavy atom. The minimum Gasteiger partial charge on any atom is -0.444 e. The van der Waals surface area contributed by atoms with Crippen molar-refractivity contribution in [2.24, 2.45) is 5.73 Å². The van der Waals surface area contributed by atoms with Crippen molar-refractivity contribution < 1.29 is 17.9 Å². The average Bonchev–Trinajstić information content (AvgIpc) is 2.34. The standard InChI is InChI=1S/C15H24N2O4S/c1-15(2,3)21-14(18)17-10-12(16)8-11-6-5-7-13(9-11)22(4,19)20/h5-7,9,12H,8,10,16H2,1-4H3,(H,17,18). The number of carbonyl (C=O) groups excluding carboxylic acids is 1. The fourth-order valence-corrected chi connectivity index (χ4v) is 2.50. The molecule has 0 saturated carbocycles. The van der Waals surface area contributed by atoms with Crippen molar-refractivity contribution in [1.29, 1.82) is 0 Å². The van der Waals surface area contributed by atoms with Gasteiger partial charge in [-0.1, -0.05) is 12.1 Å². The van der Waals surface area contributed by atoms with Crippen LogP contribution in [0.2, 0.25) is 0 Å². The van der Waals surface area contributed by atoms with E-state index in [4.69, 9.17) is 10.5 Å². The third-order valence-corrected chi connectivity index (χ3v) is 3.84. The second-order valence-corrected chi connectivity index (χ2v) is 8.28. The highest BCUT2D eigenvalue weighted by Gasteiger charge is 2.16. The fraction of sp³-hybridized carbons (Fsp3) is 0.533. The molecule has 1 aromatic rings. The summed E-state index contributed by atoms with van der Waals surface area (Å²) >= 11 is 0. The van der Waals surface area contributed by atoms with E-state index in [-0.39, 0.29) is 17.5 Å². The van der Waals surface area contributed by atoms with Gasteiger partial charge in [-0.05, 0) is 44.9 Å².